The van der Waals surface area contributed by atoms with Crippen LogP contribution in [0.2, 0.25) is 0 Å². The number of ether oxygens (including phenoxy) is 2. The van der Waals surface area contributed by atoms with Crippen LogP contribution in [0.1, 0.15) is 64.2 Å². The number of hydrogen-bond acceptors (Lipinski definition) is 10. The number of rotatable bonds is 7. The monoisotopic (exact) mass is 675 g/mol. The maximum Gasteiger partial charge on any atom is 0.332 e. The van der Waals surface area contributed by atoms with Gasteiger partial charge in [-0.25, -0.2) is 14.8 Å². The van der Waals surface area contributed by atoms with Gasteiger partial charge < -0.3 is 29.6 Å². The third-order valence-electron chi connectivity index (χ3n) is 9.87. The Kier molecular flexibility index (Phi) is 8.92. The zero-order valence-electron chi connectivity index (χ0n) is 27.2. The molecule has 3 amide bonds. The molecule has 3 fully saturated rings. The number of nitrogens with one attached hydrogen (secondary N) is 2. The molecule has 5 heterocycles. The molecule has 4 aliphatic rings. The molecule has 1 saturated heterocycles. The van der Waals surface area contributed by atoms with E-state index in [2.05, 4.69) is 26.7 Å². The molecule has 13 nitrogen and oxygen atoms in total. The Bertz CT molecular complexity index is 1750. The van der Waals surface area contributed by atoms with Gasteiger partial charge in [0.15, 0.2) is 11.6 Å². The van der Waals surface area contributed by atoms with E-state index in [1.165, 1.54) is 23.3 Å². The number of esters is 1. The summed E-state index contributed by atoms with van der Waals surface area (Å²) in [6.45, 7) is 0.106. The minimum atomic E-state index is -1.18. The molecule has 0 spiro atoms. The van der Waals surface area contributed by atoms with Crippen LogP contribution in [0, 0.1) is 11.8 Å². The van der Waals surface area contributed by atoms with E-state index >= 15 is 0 Å². The van der Waals surface area contributed by atoms with Gasteiger partial charge in [0.05, 0.1) is 19.2 Å². The second kappa shape index (κ2) is 13.3. The maximum atomic E-state index is 14.4. The van der Waals surface area contributed by atoms with Gasteiger partial charge in [0.25, 0.3) is 0 Å². The third-order valence-corrected chi connectivity index (χ3v) is 10.8. The standard InChI is InChI=1S/C34H41N7O6S/c1-40-14-13-35-29(40)28-37-23-12-15-48-27(23)31(38-28)47-22-17-25-30(43)39-34(33(45)46-2)18-21(34)8-6-4-3-5-7-9-24(32(44)41(25)19-22)36-26(42)16-20-10-11-20/h6,8,12-15,20-22,24-25H,3-5,7,9-11,16-19H2,1-2H3,(H,36,42)(H,39,43)/t21-,22-,24+,25+,34-/m1/s1. The summed E-state index contributed by atoms with van der Waals surface area (Å²) in [6, 6.07) is 0.183. The first-order chi connectivity index (χ1) is 23.3. The largest absolute Gasteiger partial charge is 0.471 e. The minimum Gasteiger partial charge on any atom is -0.471 e. The van der Waals surface area contributed by atoms with Gasteiger partial charge in [-0.15, -0.1) is 11.3 Å². The first kappa shape index (κ1) is 32.2. The lowest BCUT2D eigenvalue weighted by Gasteiger charge is -2.29. The molecule has 0 radical (unpaired) electrons. The van der Waals surface area contributed by atoms with Crippen molar-refractivity contribution in [2.75, 3.05) is 13.7 Å². The lowest BCUT2D eigenvalue weighted by molar-refractivity contribution is -0.148. The first-order valence-electron chi connectivity index (χ1n) is 16.8. The average molecular weight is 676 g/mol. The van der Waals surface area contributed by atoms with Crippen molar-refractivity contribution in [1.29, 1.82) is 0 Å². The summed E-state index contributed by atoms with van der Waals surface area (Å²) >= 11 is 1.44. The van der Waals surface area contributed by atoms with Gasteiger partial charge in [0, 0.05) is 38.2 Å². The Hall–Kier alpha value is -4.33. The van der Waals surface area contributed by atoms with Crippen LogP contribution in [0.25, 0.3) is 21.9 Å². The molecule has 2 saturated carbocycles. The molecule has 0 unspecified atom stereocenters. The quantitative estimate of drug-likeness (QED) is 0.283. The van der Waals surface area contributed by atoms with E-state index in [9.17, 15) is 19.2 Å². The van der Waals surface area contributed by atoms with Crippen LogP contribution in [-0.4, -0.2) is 85.5 Å². The minimum absolute atomic E-state index is 0.106. The van der Waals surface area contributed by atoms with Crippen LogP contribution in [0.5, 0.6) is 5.88 Å². The molecule has 0 aromatic carbocycles. The van der Waals surface area contributed by atoms with Crippen LogP contribution in [0.15, 0.2) is 36.0 Å². The number of thiophene rings is 1. The predicted molar refractivity (Wildman–Crippen MR) is 177 cm³/mol. The number of imidazole rings is 1. The fourth-order valence-corrected chi connectivity index (χ4v) is 7.67. The Morgan fingerprint density at radius 2 is 2.02 bits per heavy atom. The van der Waals surface area contributed by atoms with Crippen molar-refractivity contribution < 1.29 is 28.7 Å². The molecule has 3 aromatic rings. The van der Waals surface area contributed by atoms with Gasteiger partial charge in [-0.1, -0.05) is 25.0 Å². The molecular weight excluding hydrogens is 634 g/mol. The smallest absolute Gasteiger partial charge is 0.332 e. The van der Waals surface area contributed by atoms with Crippen molar-refractivity contribution in [3.8, 4) is 17.5 Å². The van der Waals surface area contributed by atoms with Crippen molar-refractivity contribution in [2.24, 2.45) is 18.9 Å². The lowest BCUT2D eigenvalue weighted by Crippen LogP contribution is -2.56. The zero-order chi connectivity index (χ0) is 33.4. The summed E-state index contributed by atoms with van der Waals surface area (Å²) in [5.41, 5.74) is -0.475. The fraction of sp³-hybridized carbons (Fsp3) is 0.559. The van der Waals surface area contributed by atoms with Crippen LogP contribution in [0.3, 0.4) is 0 Å². The Morgan fingerprint density at radius 3 is 2.79 bits per heavy atom. The van der Waals surface area contributed by atoms with Gasteiger partial charge in [0.2, 0.25) is 23.6 Å². The van der Waals surface area contributed by atoms with Gasteiger partial charge in [-0.3, -0.25) is 14.4 Å². The number of methoxy groups -OCH3 is 1. The van der Waals surface area contributed by atoms with Crippen molar-refractivity contribution in [3.05, 3.63) is 36.0 Å². The predicted octanol–water partition coefficient (Wildman–Crippen LogP) is 3.29. The summed E-state index contributed by atoms with van der Waals surface area (Å²) in [5, 5.41) is 7.89. The van der Waals surface area contributed by atoms with Gasteiger partial charge in [0.1, 0.15) is 28.4 Å². The Morgan fingerprint density at radius 1 is 1.17 bits per heavy atom. The Balaban J connectivity index is 1.19. The van der Waals surface area contributed by atoms with Crippen molar-refractivity contribution in [3.63, 3.8) is 0 Å². The maximum absolute atomic E-state index is 14.4. The molecule has 14 heteroatoms. The number of aromatic nitrogens is 4. The fourth-order valence-electron chi connectivity index (χ4n) is 6.91. The molecule has 2 aliphatic heterocycles. The number of nitrogens with zero attached hydrogens (tertiary/aromatic N) is 5. The molecule has 0 bridgehead atoms. The summed E-state index contributed by atoms with van der Waals surface area (Å²) in [5.74, 6) is 0.0799. The van der Waals surface area contributed by atoms with E-state index in [-0.39, 0.29) is 30.7 Å². The summed E-state index contributed by atoms with van der Waals surface area (Å²) in [7, 11) is 3.17. The van der Waals surface area contributed by atoms with E-state index in [0.717, 1.165) is 43.2 Å². The molecule has 2 N–H and O–H groups in total. The molecule has 7 rings (SSSR count). The van der Waals surface area contributed by atoms with Gasteiger partial charge in [-0.2, -0.15) is 4.98 Å². The highest BCUT2D eigenvalue weighted by Gasteiger charge is 2.62. The van der Waals surface area contributed by atoms with Crippen molar-refractivity contribution in [1.82, 2.24) is 35.1 Å². The highest BCUT2D eigenvalue weighted by Crippen LogP contribution is 2.46. The zero-order valence-corrected chi connectivity index (χ0v) is 28.0. The first-order valence-corrected chi connectivity index (χ1v) is 17.7. The number of carbonyl (C=O) groups is 4. The molecule has 48 heavy (non-hydrogen) atoms. The third kappa shape index (κ3) is 6.54. The van der Waals surface area contributed by atoms with Crippen molar-refractivity contribution in [2.45, 2.75) is 87.9 Å². The highest BCUT2D eigenvalue weighted by atomic mass is 32.1. The van der Waals surface area contributed by atoms with Crippen molar-refractivity contribution >= 4 is 45.2 Å². The SMILES string of the molecule is COC(=O)[C@@]12C[C@H]1C=CCCCCC[C@H](NC(=O)CC1CC1)C(=O)N1C[C@H](Oc3nc(-c4nccn4C)nc4ccsc34)C[C@H]1C(=O)N2. The summed E-state index contributed by atoms with van der Waals surface area (Å²) in [4.78, 5) is 69.8. The highest BCUT2D eigenvalue weighted by molar-refractivity contribution is 7.17. The van der Waals surface area contributed by atoms with E-state index in [1.807, 2.05) is 35.3 Å². The number of carbonyl (C=O) groups excluding carboxylic acids is 4. The van der Waals surface area contributed by atoms with E-state index in [1.54, 1.807) is 6.20 Å². The van der Waals surface area contributed by atoms with Crippen LogP contribution >= 0.6 is 11.3 Å². The molecule has 2 aliphatic carbocycles. The average Bonchev–Trinajstić information content (AvgIpc) is 3.79. The molecular formula is C34H41N7O6S. The molecule has 254 valence electrons. The summed E-state index contributed by atoms with van der Waals surface area (Å²) in [6.07, 6.45) is 13.8. The van der Waals surface area contributed by atoms with Gasteiger partial charge in [-0.05, 0) is 55.9 Å². The number of aryl methyl sites for hydroxylation is 1. The molecule has 3 aromatic heterocycles. The lowest BCUT2D eigenvalue weighted by atomic mass is 10.0. The Labute approximate surface area is 282 Å². The summed E-state index contributed by atoms with van der Waals surface area (Å²) < 4.78 is 14.2. The van der Waals surface area contributed by atoms with Crippen LogP contribution in [-0.2, 0) is 31.0 Å². The number of amides is 3. The number of hydrogen-bond donors (Lipinski definition) is 2. The van der Waals surface area contributed by atoms with E-state index < -0.39 is 35.6 Å². The number of allylic oxidation sites excluding steroid dienone is 1. The molecule has 5 atom stereocenters. The second-order valence-electron chi connectivity index (χ2n) is 13.4. The normalized spacial score (nSPS) is 27.8. The van der Waals surface area contributed by atoms with Crippen LogP contribution in [0.4, 0.5) is 0 Å². The van der Waals surface area contributed by atoms with Crippen LogP contribution < -0.4 is 15.4 Å². The van der Waals surface area contributed by atoms with E-state index in [0.29, 0.717) is 48.2 Å². The topological polar surface area (TPSA) is 158 Å². The van der Waals surface area contributed by atoms with Gasteiger partial charge >= 0.3 is 5.97 Å². The number of fused-ring (bicyclic) bond motifs is 3. The van der Waals surface area contributed by atoms with E-state index in [4.69, 9.17) is 14.5 Å². The second-order valence-corrected chi connectivity index (χ2v) is 14.3.